The molecule has 18 heavy (non-hydrogen) atoms. The maximum absolute atomic E-state index is 5.63. The highest BCUT2D eigenvalue weighted by Gasteiger charge is 2.19. The molecule has 1 rings (SSSR count). The van der Waals surface area contributed by atoms with Crippen LogP contribution in [0.25, 0.3) is 0 Å². The number of nitrogens with one attached hydrogen (secondary N) is 1. The van der Waals surface area contributed by atoms with Crippen LogP contribution in [0.5, 0.6) is 0 Å². The Morgan fingerprint density at radius 3 is 2.78 bits per heavy atom. The molecule has 0 aromatic heterocycles. The van der Waals surface area contributed by atoms with Gasteiger partial charge in [-0.1, -0.05) is 27.2 Å². The third-order valence-electron chi connectivity index (χ3n) is 3.72. The van der Waals surface area contributed by atoms with Crippen LogP contribution in [0.15, 0.2) is 0 Å². The summed E-state index contributed by atoms with van der Waals surface area (Å²) in [5, 5.41) is 3.66. The molecule has 0 spiro atoms. The van der Waals surface area contributed by atoms with Gasteiger partial charge in [0.25, 0.3) is 0 Å². The van der Waals surface area contributed by atoms with Gasteiger partial charge in [0.05, 0.1) is 0 Å². The summed E-state index contributed by atoms with van der Waals surface area (Å²) in [4.78, 5) is 2.61. The third-order valence-corrected chi connectivity index (χ3v) is 3.72. The van der Waals surface area contributed by atoms with E-state index in [1.54, 1.807) is 0 Å². The number of ether oxygens (including phenoxy) is 1. The molecule has 1 aliphatic heterocycles. The summed E-state index contributed by atoms with van der Waals surface area (Å²) in [6, 6.07) is 0.661. The SMILES string of the molecule is CCCCOCCCN1CCCNC(C(C)C)C1. The Labute approximate surface area is 113 Å². The van der Waals surface area contributed by atoms with Crippen molar-refractivity contribution in [2.75, 3.05) is 39.4 Å². The normalized spacial score (nSPS) is 22.3. The highest BCUT2D eigenvalue weighted by molar-refractivity contribution is 4.78. The predicted octanol–water partition coefficient (Wildman–Crippen LogP) is 2.51. The fourth-order valence-corrected chi connectivity index (χ4v) is 2.41. The van der Waals surface area contributed by atoms with Gasteiger partial charge < -0.3 is 15.0 Å². The van der Waals surface area contributed by atoms with Crippen molar-refractivity contribution in [3.63, 3.8) is 0 Å². The van der Waals surface area contributed by atoms with E-state index in [1.807, 2.05) is 0 Å². The molecule has 0 aromatic rings. The average molecular weight is 256 g/mol. The molecule has 1 unspecified atom stereocenters. The predicted molar refractivity (Wildman–Crippen MR) is 78.0 cm³/mol. The van der Waals surface area contributed by atoms with E-state index in [0.29, 0.717) is 6.04 Å². The van der Waals surface area contributed by atoms with Crippen molar-refractivity contribution in [1.29, 1.82) is 0 Å². The number of rotatable bonds is 8. The Morgan fingerprint density at radius 2 is 2.06 bits per heavy atom. The third kappa shape index (κ3) is 6.72. The minimum absolute atomic E-state index is 0.661. The number of hydrogen-bond donors (Lipinski definition) is 1. The summed E-state index contributed by atoms with van der Waals surface area (Å²) in [5.74, 6) is 0.728. The van der Waals surface area contributed by atoms with Gasteiger partial charge in [-0.2, -0.15) is 0 Å². The van der Waals surface area contributed by atoms with Gasteiger partial charge in [0.15, 0.2) is 0 Å². The van der Waals surface area contributed by atoms with Gasteiger partial charge in [-0.15, -0.1) is 0 Å². The van der Waals surface area contributed by atoms with Gasteiger partial charge in [0, 0.05) is 32.3 Å². The fourth-order valence-electron chi connectivity index (χ4n) is 2.41. The average Bonchev–Trinajstić information content (AvgIpc) is 2.59. The van der Waals surface area contributed by atoms with Crippen LogP contribution in [-0.4, -0.2) is 50.3 Å². The topological polar surface area (TPSA) is 24.5 Å². The second-order valence-corrected chi connectivity index (χ2v) is 5.78. The van der Waals surface area contributed by atoms with Gasteiger partial charge >= 0.3 is 0 Å². The first-order valence-electron chi connectivity index (χ1n) is 7.77. The fraction of sp³-hybridized carbons (Fsp3) is 1.00. The van der Waals surface area contributed by atoms with E-state index >= 15 is 0 Å². The summed E-state index contributed by atoms with van der Waals surface area (Å²) >= 11 is 0. The molecule has 1 aliphatic rings. The second kappa shape index (κ2) is 9.76. The Balaban J connectivity index is 2.12. The molecule has 3 heteroatoms. The second-order valence-electron chi connectivity index (χ2n) is 5.78. The van der Waals surface area contributed by atoms with E-state index in [-0.39, 0.29) is 0 Å². The molecule has 0 amide bonds. The van der Waals surface area contributed by atoms with Crippen LogP contribution in [0.1, 0.15) is 46.5 Å². The van der Waals surface area contributed by atoms with Gasteiger partial charge in [-0.25, -0.2) is 0 Å². The minimum Gasteiger partial charge on any atom is -0.381 e. The molecular weight excluding hydrogens is 224 g/mol. The summed E-state index contributed by atoms with van der Waals surface area (Å²) in [7, 11) is 0. The van der Waals surface area contributed by atoms with Crippen molar-refractivity contribution in [2.24, 2.45) is 5.92 Å². The van der Waals surface area contributed by atoms with E-state index in [9.17, 15) is 0 Å². The monoisotopic (exact) mass is 256 g/mol. The van der Waals surface area contributed by atoms with Crippen molar-refractivity contribution in [3.8, 4) is 0 Å². The standard InChI is InChI=1S/C15H32N2O/c1-4-5-11-18-12-7-10-17-9-6-8-16-15(13-17)14(2)3/h14-16H,4-13H2,1-3H3. The van der Waals surface area contributed by atoms with E-state index in [0.717, 1.165) is 19.1 Å². The highest BCUT2D eigenvalue weighted by Crippen LogP contribution is 2.09. The molecule has 1 N–H and O–H groups in total. The molecule has 0 aromatic carbocycles. The van der Waals surface area contributed by atoms with Crippen LogP contribution >= 0.6 is 0 Å². The first-order valence-corrected chi connectivity index (χ1v) is 7.77. The molecule has 0 aliphatic carbocycles. The molecule has 3 nitrogen and oxygen atoms in total. The first-order chi connectivity index (χ1) is 8.74. The number of unbranched alkanes of at least 4 members (excludes halogenated alkanes) is 1. The van der Waals surface area contributed by atoms with Gasteiger partial charge in [-0.3, -0.25) is 0 Å². The molecule has 1 atom stereocenters. The van der Waals surface area contributed by atoms with Crippen LogP contribution in [-0.2, 0) is 4.74 Å². The summed E-state index contributed by atoms with van der Waals surface area (Å²) in [6.45, 7) is 13.5. The molecule has 0 radical (unpaired) electrons. The van der Waals surface area contributed by atoms with E-state index in [2.05, 4.69) is 31.0 Å². The Kier molecular flexibility index (Phi) is 8.64. The lowest BCUT2D eigenvalue weighted by Crippen LogP contribution is -2.41. The van der Waals surface area contributed by atoms with E-state index in [4.69, 9.17) is 4.74 Å². The molecule has 1 saturated heterocycles. The lowest BCUT2D eigenvalue weighted by Gasteiger charge is -2.26. The smallest absolute Gasteiger partial charge is 0.0478 e. The molecule has 1 heterocycles. The molecule has 0 saturated carbocycles. The van der Waals surface area contributed by atoms with Crippen LogP contribution in [0.4, 0.5) is 0 Å². The Morgan fingerprint density at radius 1 is 1.28 bits per heavy atom. The van der Waals surface area contributed by atoms with Crippen LogP contribution < -0.4 is 5.32 Å². The zero-order valence-electron chi connectivity index (χ0n) is 12.6. The van der Waals surface area contributed by atoms with Crippen molar-refractivity contribution in [2.45, 2.75) is 52.5 Å². The van der Waals surface area contributed by atoms with E-state index < -0.39 is 0 Å². The molecule has 1 fully saturated rings. The zero-order valence-corrected chi connectivity index (χ0v) is 12.6. The largest absolute Gasteiger partial charge is 0.381 e. The maximum atomic E-state index is 5.63. The summed E-state index contributed by atoms with van der Waals surface area (Å²) in [5.41, 5.74) is 0. The molecular formula is C15H32N2O. The number of nitrogens with zero attached hydrogens (tertiary/aromatic N) is 1. The highest BCUT2D eigenvalue weighted by atomic mass is 16.5. The number of hydrogen-bond acceptors (Lipinski definition) is 3. The maximum Gasteiger partial charge on any atom is 0.0478 e. The lowest BCUT2D eigenvalue weighted by atomic mass is 10.0. The van der Waals surface area contributed by atoms with Crippen molar-refractivity contribution in [3.05, 3.63) is 0 Å². The first kappa shape index (κ1) is 15.9. The zero-order chi connectivity index (χ0) is 13.2. The minimum atomic E-state index is 0.661. The molecule has 0 bridgehead atoms. The van der Waals surface area contributed by atoms with Gasteiger partial charge in [-0.05, 0) is 38.3 Å². The molecule has 108 valence electrons. The van der Waals surface area contributed by atoms with Crippen molar-refractivity contribution in [1.82, 2.24) is 10.2 Å². The summed E-state index contributed by atoms with van der Waals surface area (Å²) in [6.07, 6.45) is 4.88. The van der Waals surface area contributed by atoms with Crippen LogP contribution in [0.3, 0.4) is 0 Å². The van der Waals surface area contributed by atoms with Crippen molar-refractivity contribution < 1.29 is 4.74 Å². The van der Waals surface area contributed by atoms with E-state index in [1.165, 1.54) is 51.9 Å². The van der Waals surface area contributed by atoms with Gasteiger partial charge in [0.1, 0.15) is 0 Å². The quantitative estimate of drug-likeness (QED) is 0.675. The summed E-state index contributed by atoms with van der Waals surface area (Å²) < 4.78 is 5.63. The van der Waals surface area contributed by atoms with Gasteiger partial charge in [0.2, 0.25) is 0 Å². The Hall–Kier alpha value is -0.120. The van der Waals surface area contributed by atoms with Crippen LogP contribution in [0.2, 0.25) is 0 Å². The van der Waals surface area contributed by atoms with Crippen molar-refractivity contribution >= 4 is 0 Å². The van der Waals surface area contributed by atoms with Crippen LogP contribution in [0, 0.1) is 5.92 Å². The Bertz CT molecular complexity index is 197. The lowest BCUT2D eigenvalue weighted by molar-refractivity contribution is 0.117.